The van der Waals surface area contributed by atoms with Crippen LogP contribution >= 0.6 is 15.9 Å². The highest BCUT2D eigenvalue weighted by molar-refractivity contribution is 9.10. The Morgan fingerprint density at radius 1 is 0.867 bits per heavy atom. The molecule has 0 radical (unpaired) electrons. The molecule has 0 N–H and O–H groups in total. The van der Waals surface area contributed by atoms with Gasteiger partial charge in [0.25, 0.3) is 0 Å². The van der Waals surface area contributed by atoms with Gasteiger partial charge in [0.1, 0.15) is 0 Å². The summed E-state index contributed by atoms with van der Waals surface area (Å²) in [5.41, 5.74) is 1.87. The Bertz CT molecular complexity index is 1190. The molecule has 1 aliphatic carbocycles. The third-order valence-corrected chi connectivity index (χ3v) is 5.16. The van der Waals surface area contributed by atoms with Crippen LogP contribution in [0.4, 0.5) is 0 Å². The van der Waals surface area contributed by atoms with E-state index in [9.17, 15) is 14.4 Å². The maximum Gasteiger partial charge on any atom is 0.343 e. The van der Waals surface area contributed by atoms with E-state index in [1.807, 2.05) is 6.07 Å². The molecular formula is C24H15BrO5. The molecule has 3 aromatic rings. The van der Waals surface area contributed by atoms with Crippen molar-refractivity contribution in [1.82, 2.24) is 0 Å². The van der Waals surface area contributed by atoms with Crippen molar-refractivity contribution in [1.29, 1.82) is 0 Å². The summed E-state index contributed by atoms with van der Waals surface area (Å²) in [4.78, 5) is 37.5. The summed E-state index contributed by atoms with van der Waals surface area (Å²) < 4.78 is 11.6. The van der Waals surface area contributed by atoms with Gasteiger partial charge in [-0.1, -0.05) is 52.3 Å². The summed E-state index contributed by atoms with van der Waals surface area (Å²) in [7, 11) is 1.45. The summed E-state index contributed by atoms with van der Waals surface area (Å²) in [5, 5.41) is 0. The summed E-state index contributed by atoms with van der Waals surface area (Å²) >= 11 is 3.32. The number of ketones is 2. The average molecular weight is 463 g/mol. The minimum atomic E-state index is -0.530. The molecule has 0 atom stereocenters. The fourth-order valence-corrected chi connectivity index (χ4v) is 3.60. The van der Waals surface area contributed by atoms with E-state index in [2.05, 4.69) is 15.9 Å². The van der Waals surface area contributed by atoms with Gasteiger partial charge in [-0.05, 0) is 42.0 Å². The van der Waals surface area contributed by atoms with Gasteiger partial charge in [0.2, 0.25) is 0 Å². The molecule has 5 nitrogen and oxygen atoms in total. The molecular weight excluding hydrogens is 448 g/mol. The number of methoxy groups -OCH3 is 1. The van der Waals surface area contributed by atoms with Gasteiger partial charge < -0.3 is 9.47 Å². The van der Waals surface area contributed by atoms with E-state index < -0.39 is 5.97 Å². The Hall–Kier alpha value is -3.51. The zero-order valence-electron chi connectivity index (χ0n) is 15.8. The molecule has 148 valence electrons. The van der Waals surface area contributed by atoms with E-state index in [4.69, 9.17) is 9.47 Å². The number of ether oxygens (including phenoxy) is 2. The monoisotopic (exact) mass is 462 g/mol. The van der Waals surface area contributed by atoms with Crippen molar-refractivity contribution in [3.8, 4) is 11.5 Å². The van der Waals surface area contributed by atoms with Crippen LogP contribution in [-0.4, -0.2) is 24.6 Å². The van der Waals surface area contributed by atoms with E-state index in [1.54, 1.807) is 60.7 Å². The maximum atomic E-state index is 12.6. The van der Waals surface area contributed by atoms with Gasteiger partial charge in [-0.2, -0.15) is 0 Å². The fraction of sp³-hybridized carbons (Fsp3) is 0.0417. The van der Waals surface area contributed by atoms with Crippen LogP contribution < -0.4 is 9.47 Å². The molecule has 1 aliphatic rings. The molecule has 0 fully saturated rings. The number of Topliss-reactive ketones (excluding diaryl/α,β-unsaturated/α-hetero) is 2. The largest absolute Gasteiger partial charge is 0.493 e. The lowest BCUT2D eigenvalue weighted by Crippen LogP contribution is -2.09. The van der Waals surface area contributed by atoms with E-state index in [0.717, 1.165) is 4.47 Å². The van der Waals surface area contributed by atoms with Gasteiger partial charge >= 0.3 is 5.97 Å². The highest BCUT2D eigenvalue weighted by Crippen LogP contribution is 2.32. The first kappa shape index (κ1) is 19.8. The predicted molar refractivity (Wildman–Crippen MR) is 115 cm³/mol. The van der Waals surface area contributed by atoms with Crippen LogP contribution in [0.3, 0.4) is 0 Å². The van der Waals surface area contributed by atoms with Crippen LogP contribution in [0.25, 0.3) is 6.08 Å². The summed E-state index contributed by atoms with van der Waals surface area (Å²) in [5.74, 6) is -0.600. The van der Waals surface area contributed by atoms with E-state index in [-0.39, 0.29) is 22.9 Å². The van der Waals surface area contributed by atoms with E-state index in [0.29, 0.717) is 28.0 Å². The number of benzene rings is 3. The molecule has 0 heterocycles. The first-order valence-electron chi connectivity index (χ1n) is 9.04. The lowest BCUT2D eigenvalue weighted by Gasteiger charge is -2.10. The van der Waals surface area contributed by atoms with Crippen LogP contribution in [0, 0.1) is 0 Å². The van der Waals surface area contributed by atoms with Gasteiger partial charge in [0.15, 0.2) is 23.1 Å². The summed E-state index contributed by atoms with van der Waals surface area (Å²) in [6.45, 7) is 0. The van der Waals surface area contributed by atoms with Gasteiger partial charge in [0.05, 0.1) is 18.2 Å². The van der Waals surface area contributed by atoms with Crippen molar-refractivity contribution in [3.63, 3.8) is 0 Å². The molecule has 6 heteroatoms. The third-order valence-electron chi connectivity index (χ3n) is 4.67. The number of hydrogen-bond donors (Lipinski definition) is 0. The number of fused-ring (bicyclic) bond motifs is 1. The molecule has 0 bridgehead atoms. The van der Waals surface area contributed by atoms with Crippen LogP contribution in [0.1, 0.15) is 36.6 Å². The Labute approximate surface area is 181 Å². The Balaban J connectivity index is 1.62. The maximum absolute atomic E-state index is 12.6. The number of rotatable bonds is 4. The quantitative estimate of drug-likeness (QED) is 0.232. The summed E-state index contributed by atoms with van der Waals surface area (Å²) in [6, 6.07) is 18.4. The van der Waals surface area contributed by atoms with Gasteiger partial charge in [-0.25, -0.2) is 4.79 Å². The standard InChI is InChI=1S/C24H15BrO5/c1-29-21-12-14(11-19-22(26)17-7-2-3-8-18(17)23(19)27)9-10-20(21)30-24(28)15-5-4-6-16(25)13-15/h2-13H,1H3. The highest BCUT2D eigenvalue weighted by atomic mass is 79.9. The molecule has 0 spiro atoms. The van der Waals surface area contributed by atoms with Gasteiger partial charge in [0, 0.05) is 15.6 Å². The van der Waals surface area contributed by atoms with Crippen molar-refractivity contribution in [2.75, 3.05) is 7.11 Å². The first-order valence-corrected chi connectivity index (χ1v) is 9.83. The first-order chi connectivity index (χ1) is 14.5. The minimum Gasteiger partial charge on any atom is -0.493 e. The van der Waals surface area contributed by atoms with E-state index in [1.165, 1.54) is 13.2 Å². The van der Waals surface area contributed by atoms with Crippen molar-refractivity contribution in [2.24, 2.45) is 0 Å². The van der Waals surface area contributed by atoms with Crippen molar-refractivity contribution in [3.05, 3.63) is 99.0 Å². The molecule has 4 rings (SSSR count). The average Bonchev–Trinajstić information content (AvgIpc) is 2.99. The number of allylic oxidation sites excluding steroid dienone is 1. The second kappa shape index (κ2) is 8.08. The second-order valence-corrected chi connectivity index (χ2v) is 7.49. The van der Waals surface area contributed by atoms with Crippen LogP contribution in [0.15, 0.2) is 76.8 Å². The molecule has 0 saturated heterocycles. The molecule has 0 saturated carbocycles. The van der Waals surface area contributed by atoms with Crippen molar-refractivity contribution in [2.45, 2.75) is 0 Å². The lowest BCUT2D eigenvalue weighted by atomic mass is 10.1. The molecule has 30 heavy (non-hydrogen) atoms. The zero-order valence-corrected chi connectivity index (χ0v) is 17.4. The second-order valence-electron chi connectivity index (χ2n) is 6.57. The highest BCUT2D eigenvalue weighted by Gasteiger charge is 2.32. The Morgan fingerprint density at radius 3 is 2.20 bits per heavy atom. The number of carbonyl (C=O) groups is 3. The molecule has 0 unspecified atom stereocenters. The molecule has 3 aromatic carbocycles. The number of carbonyl (C=O) groups excluding carboxylic acids is 3. The minimum absolute atomic E-state index is 0.0946. The topological polar surface area (TPSA) is 69.7 Å². The zero-order chi connectivity index (χ0) is 21.3. The van der Waals surface area contributed by atoms with Crippen LogP contribution in [0.2, 0.25) is 0 Å². The van der Waals surface area contributed by atoms with Gasteiger partial charge in [-0.3, -0.25) is 9.59 Å². The van der Waals surface area contributed by atoms with Gasteiger partial charge in [-0.15, -0.1) is 0 Å². The molecule has 0 aromatic heterocycles. The van der Waals surface area contributed by atoms with Crippen molar-refractivity contribution < 1.29 is 23.9 Å². The Kier molecular flexibility index (Phi) is 5.33. The molecule has 0 aliphatic heterocycles. The van der Waals surface area contributed by atoms with Crippen LogP contribution in [0.5, 0.6) is 11.5 Å². The number of hydrogen-bond acceptors (Lipinski definition) is 5. The fourth-order valence-electron chi connectivity index (χ4n) is 3.20. The SMILES string of the molecule is COc1cc(C=C2C(=O)c3ccccc3C2=O)ccc1OC(=O)c1cccc(Br)c1. The smallest absolute Gasteiger partial charge is 0.343 e. The summed E-state index contributed by atoms with van der Waals surface area (Å²) in [6.07, 6.45) is 1.52. The third kappa shape index (κ3) is 3.69. The predicted octanol–water partition coefficient (Wildman–Crippen LogP) is 5.14. The molecule has 0 amide bonds. The number of halogens is 1. The lowest BCUT2D eigenvalue weighted by molar-refractivity contribution is 0.0729. The number of esters is 1. The van der Waals surface area contributed by atoms with E-state index >= 15 is 0 Å². The Morgan fingerprint density at radius 2 is 1.57 bits per heavy atom. The van der Waals surface area contributed by atoms with Crippen molar-refractivity contribution >= 4 is 39.5 Å². The van der Waals surface area contributed by atoms with Crippen LogP contribution in [-0.2, 0) is 0 Å². The normalized spacial score (nSPS) is 12.5.